The molecule has 0 saturated heterocycles. The molecule has 0 fully saturated rings. The number of thiophene rings is 1. The Hall–Kier alpha value is -2.17. The molecule has 122 valence electrons. The zero-order valence-corrected chi connectivity index (χ0v) is 15.3. The Kier molecular flexibility index (Phi) is 4.69. The lowest BCUT2D eigenvalue weighted by atomic mass is 10.1. The molecule has 3 nitrogen and oxygen atoms in total. The number of benzene rings is 2. The van der Waals surface area contributed by atoms with Gasteiger partial charge in [0.05, 0.1) is 10.7 Å². The van der Waals surface area contributed by atoms with Crippen molar-refractivity contribution >= 4 is 44.6 Å². The van der Waals surface area contributed by atoms with Crippen molar-refractivity contribution in [1.29, 1.82) is 0 Å². The minimum absolute atomic E-state index is 0.286. The van der Waals surface area contributed by atoms with Gasteiger partial charge in [-0.1, -0.05) is 53.6 Å². The normalized spacial score (nSPS) is 11.8. The van der Waals surface area contributed by atoms with Gasteiger partial charge in [0, 0.05) is 10.1 Å². The van der Waals surface area contributed by atoms with Crippen LogP contribution in [0.15, 0.2) is 47.6 Å². The first-order valence-electron chi connectivity index (χ1n) is 7.56. The van der Waals surface area contributed by atoms with E-state index in [1.165, 1.54) is 11.3 Å². The molecule has 1 N–H and O–H groups in total. The number of aryl methyl sites for hydroxylation is 2. The summed E-state index contributed by atoms with van der Waals surface area (Å²) >= 11 is 7.74. The fourth-order valence-corrected chi connectivity index (χ4v) is 3.94. The summed E-state index contributed by atoms with van der Waals surface area (Å²) in [6.07, 6.45) is 0. The molecule has 5 heteroatoms. The predicted octanol–water partition coefficient (Wildman–Crippen LogP) is 5.33. The first-order valence-corrected chi connectivity index (χ1v) is 8.75. The number of carbonyl (C=O) groups is 1. The molecule has 0 aliphatic rings. The molecule has 0 radical (unpaired) electrons. The van der Waals surface area contributed by atoms with Gasteiger partial charge in [-0.15, -0.1) is 11.3 Å². The summed E-state index contributed by atoms with van der Waals surface area (Å²) in [6.45, 7) is 5.90. The van der Waals surface area contributed by atoms with Crippen LogP contribution in [-0.4, -0.2) is 11.6 Å². The van der Waals surface area contributed by atoms with E-state index in [0.29, 0.717) is 9.90 Å². The van der Waals surface area contributed by atoms with Gasteiger partial charge in [-0.05, 0) is 38.0 Å². The molecule has 24 heavy (non-hydrogen) atoms. The maximum absolute atomic E-state index is 12.4. The summed E-state index contributed by atoms with van der Waals surface area (Å²) in [6, 6.07) is 14.0. The highest BCUT2D eigenvalue weighted by atomic mass is 35.5. The standard InChI is InChI=1S/C19H17ClN2OS/c1-11-5-4-6-14(9-11)13(3)21-22-19(23)18-17(20)15-8-7-12(2)10-16(15)24-18/h4-10H,1-3H3,(H,22,23)/b21-13+. The van der Waals surface area contributed by atoms with Crippen molar-refractivity contribution in [2.75, 3.05) is 0 Å². The molecule has 0 aliphatic carbocycles. The first kappa shape index (κ1) is 16.7. The van der Waals surface area contributed by atoms with E-state index in [2.05, 4.69) is 10.5 Å². The summed E-state index contributed by atoms with van der Waals surface area (Å²) in [5, 5.41) is 5.59. The van der Waals surface area contributed by atoms with E-state index in [1.807, 2.05) is 63.2 Å². The van der Waals surface area contributed by atoms with Gasteiger partial charge in [-0.25, -0.2) is 5.43 Å². The molecule has 0 aliphatic heterocycles. The Balaban J connectivity index is 1.85. The number of rotatable bonds is 3. The van der Waals surface area contributed by atoms with E-state index < -0.39 is 0 Å². The van der Waals surface area contributed by atoms with Gasteiger partial charge in [0.2, 0.25) is 0 Å². The number of carbonyl (C=O) groups excluding carboxylic acids is 1. The lowest BCUT2D eigenvalue weighted by molar-refractivity contribution is 0.0959. The van der Waals surface area contributed by atoms with Crippen LogP contribution in [0.1, 0.15) is 33.3 Å². The number of hydrogen-bond acceptors (Lipinski definition) is 3. The largest absolute Gasteiger partial charge is 0.283 e. The van der Waals surface area contributed by atoms with Crippen LogP contribution < -0.4 is 5.43 Å². The van der Waals surface area contributed by atoms with Crippen LogP contribution >= 0.6 is 22.9 Å². The number of nitrogens with zero attached hydrogens (tertiary/aromatic N) is 1. The predicted molar refractivity (Wildman–Crippen MR) is 102 cm³/mol. The number of fused-ring (bicyclic) bond motifs is 1. The molecule has 3 rings (SSSR count). The maximum Gasteiger partial charge on any atom is 0.283 e. The van der Waals surface area contributed by atoms with Crippen molar-refractivity contribution in [2.45, 2.75) is 20.8 Å². The smallest absolute Gasteiger partial charge is 0.266 e. The molecule has 1 aromatic heterocycles. The zero-order chi connectivity index (χ0) is 17.3. The summed E-state index contributed by atoms with van der Waals surface area (Å²) in [4.78, 5) is 12.9. The second-order valence-corrected chi connectivity index (χ2v) is 7.18. The van der Waals surface area contributed by atoms with Crippen molar-refractivity contribution in [2.24, 2.45) is 5.10 Å². The van der Waals surface area contributed by atoms with Gasteiger partial charge in [0.25, 0.3) is 5.91 Å². The number of hydrogen-bond donors (Lipinski definition) is 1. The number of amides is 1. The van der Waals surface area contributed by atoms with Crippen molar-refractivity contribution in [3.8, 4) is 0 Å². The third kappa shape index (κ3) is 3.35. The minimum atomic E-state index is -0.286. The lowest BCUT2D eigenvalue weighted by Crippen LogP contribution is -2.18. The van der Waals surface area contributed by atoms with Gasteiger partial charge < -0.3 is 0 Å². The highest BCUT2D eigenvalue weighted by molar-refractivity contribution is 7.21. The van der Waals surface area contributed by atoms with Gasteiger partial charge in [-0.2, -0.15) is 5.10 Å². The van der Waals surface area contributed by atoms with Gasteiger partial charge >= 0.3 is 0 Å². The van der Waals surface area contributed by atoms with E-state index in [1.54, 1.807) is 0 Å². The molecular formula is C19H17ClN2OS. The van der Waals surface area contributed by atoms with Crippen molar-refractivity contribution in [3.05, 3.63) is 69.1 Å². The van der Waals surface area contributed by atoms with Crippen LogP contribution in [0, 0.1) is 13.8 Å². The average molecular weight is 357 g/mol. The highest BCUT2D eigenvalue weighted by Crippen LogP contribution is 2.35. The topological polar surface area (TPSA) is 41.5 Å². The summed E-state index contributed by atoms with van der Waals surface area (Å²) in [5.41, 5.74) is 6.63. The molecule has 1 amide bonds. The van der Waals surface area contributed by atoms with Crippen LogP contribution in [0.4, 0.5) is 0 Å². The molecule has 2 aromatic carbocycles. The highest BCUT2D eigenvalue weighted by Gasteiger charge is 2.17. The molecule has 0 bridgehead atoms. The average Bonchev–Trinajstić information content (AvgIpc) is 2.88. The Bertz CT molecular complexity index is 959. The third-order valence-corrected chi connectivity index (χ3v) is 5.41. The Morgan fingerprint density at radius 3 is 2.62 bits per heavy atom. The van der Waals surface area contributed by atoms with Crippen LogP contribution in [0.3, 0.4) is 0 Å². The van der Waals surface area contributed by atoms with Gasteiger partial charge in [0.15, 0.2) is 0 Å². The SMILES string of the molecule is C/C(=N\NC(=O)c1sc2cc(C)ccc2c1Cl)c1cccc(C)c1. The van der Waals surface area contributed by atoms with Crippen LogP contribution in [0.2, 0.25) is 5.02 Å². The number of halogens is 1. The monoisotopic (exact) mass is 356 g/mol. The lowest BCUT2D eigenvalue weighted by Gasteiger charge is -2.03. The second-order valence-electron chi connectivity index (χ2n) is 5.75. The molecule has 0 spiro atoms. The van der Waals surface area contributed by atoms with Crippen LogP contribution in [-0.2, 0) is 0 Å². The van der Waals surface area contributed by atoms with E-state index in [0.717, 1.165) is 32.5 Å². The van der Waals surface area contributed by atoms with Crippen molar-refractivity contribution < 1.29 is 4.79 Å². The molecular weight excluding hydrogens is 340 g/mol. The Morgan fingerprint density at radius 1 is 1.12 bits per heavy atom. The number of nitrogens with one attached hydrogen (secondary N) is 1. The quantitative estimate of drug-likeness (QED) is 0.500. The fourth-order valence-electron chi connectivity index (χ4n) is 2.44. The van der Waals surface area contributed by atoms with Crippen LogP contribution in [0.5, 0.6) is 0 Å². The molecule has 3 aromatic rings. The Labute approximate surface area is 150 Å². The van der Waals surface area contributed by atoms with E-state index in [-0.39, 0.29) is 5.91 Å². The van der Waals surface area contributed by atoms with Crippen molar-refractivity contribution in [1.82, 2.24) is 5.43 Å². The van der Waals surface area contributed by atoms with E-state index >= 15 is 0 Å². The second kappa shape index (κ2) is 6.75. The van der Waals surface area contributed by atoms with Gasteiger partial charge in [-0.3, -0.25) is 4.79 Å². The molecule has 0 atom stereocenters. The van der Waals surface area contributed by atoms with Crippen LogP contribution in [0.25, 0.3) is 10.1 Å². The first-order chi connectivity index (χ1) is 11.5. The summed E-state index contributed by atoms with van der Waals surface area (Å²) < 4.78 is 1.00. The van der Waals surface area contributed by atoms with Crippen molar-refractivity contribution in [3.63, 3.8) is 0 Å². The van der Waals surface area contributed by atoms with E-state index in [9.17, 15) is 4.79 Å². The fraction of sp³-hybridized carbons (Fsp3) is 0.158. The Morgan fingerprint density at radius 2 is 1.88 bits per heavy atom. The number of hydrazone groups is 1. The van der Waals surface area contributed by atoms with E-state index in [4.69, 9.17) is 11.6 Å². The summed E-state index contributed by atoms with van der Waals surface area (Å²) in [5.74, 6) is -0.286. The summed E-state index contributed by atoms with van der Waals surface area (Å²) in [7, 11) is 0. The molecule has 1 heterocycles. The van der Waals surface area contributed by atoms with Gasteiger partial charge in [0.1, 0.15) is 4.88 Å². The minimum Gasteiger partial charge on any atom is -0.266 e. The molecule has 0 saturated carbocycles. The maximum atomic E-state index is 12.4. The third-order valence-electron chi connectivity index (χ3n) is 3.75. The molecule has 0 unspecified atom stereocenters. The zero-order valence-electron chi connectivity index (χ0n) is 13.7.